The Balaban J connectivity index is 1.89. The number of benzene rings is 3. The van der Waals surface area contributed by atoms with Crippen molar-refractivity contribution >= 4 is 40.1 Å². The van der Waals surface area contributed by atoms with E-state index < -0.39 is 34.4 Å². The van der Waals surface area contributed by atoms with Crippen molar-refractivity contribution in [2.75, 3.05) is 0 Å². The lowest BCUT2D eigenvalue weighted by molar-refractivity contribution is 0.0730. The molecule has 3 aromatic carbocycles. The van der Waals surface area contributed by atoms with E-state index in [9.17, 15) is 24.9 Å². The Morgan fingerprint density at radius 1 is 0.903 bits per heavy atom. The molecular weight excluding hydrogens is 447 g/mol. The predicted molar refractivity (Wildman–Crippen MR) is 114 cm³/mol. The number of rotatable bonds is 3. The Morgan fingerprint density at radius 3 is 2.26 bits per heavy atom. The van der Waals surface area contributed by atoms with Gasteiger partial charge in [0.25, 0.3) is 0 Å². The third-order valence-corrected chi connectivity index (χ3v) is 5.18. The molecule has 7 nitrogen and oxygen atoms in total. The molecule has 31 heavy (non-hydrogen) atoms. The highest BCUT2D eigenvalue weighted by atomic mass is 35.5. The van der Waals surface area contributed by atoms with E-state index in [0.29, 0.717) is 5.56 Å². The molecule has 1 aromatic heterocycles. The Morgan fingerprint density at radius 2 is 1.58 bits per heavy atom. The van der Waals surface area contributed by atoms with E-state index in [1.807, 2.05) is 0 Å². The Bertz CT molecular complexity index is 1390. The van der Waals surface area contributed by atoms with Crippen molar-refractivity contribution in [1.82, 2.24) is 0 Å². The number of hydrogen-bond donors (Lipinski definition) is 3. The van der Waals surface area contributed by atoms with Gasteiger partial charge in [-0.25, -0.2) is 4.79 Å². The highest BCUT2D eigenvalue weighted by Gasteiger charge is 2.23. The molecule has 0 bridgehead atoms. The zero-order valence-corrected chi connectivity index (χ0v) is 16.9. The van der Waals surface area contributed by atoms with Crippen LogP contribution in [0.1, 0.15) is 10.4 Å². The molecule has 3 N–H and O–H groups in total. The first-order valence-corrected chi connectivity index (χ1v) is 9.50. The van der Waals surface area contributed by atoms with Crippen molar-refractivity contribution in [2.24, 2.45) is 0 Å². The van der Waals surface area contributed by atoms with Crippen LogP contribution in [0.4, 0.5) is 0 Å². The van der Waals surface area contributed by atoms with Gasteiger partial charge in [0.05, 0.1) is 21.0 Å². The average molecular weight is 459 g/mol. The summed E-state index contributed by atoms with van der Waals surface area (Å²) < 4.78 is 11.2. The van der Waals surface area contributed by atoms with E-state index in [4.69, 9.17) is 32.4 Å². The SMILES string of the molecule is O=C(Oc1c(-c2ccc(Cl)c(Cl)c2)oc2ccccc2c1=O)c1cc(O)c(O)c(O)c1. The minimum absolute atomic E-state index is 0.0668. The molecule has 0 fully saturated rings. The Kier molecular flexibility index (Phi) is 5.22. The van der Waals surface area contributed by atoms with Crippen molar-refractivity contribution in [3.05, 3.63) is 80.4 Å². The van der Waals surface area contributed by atoms with Crippen LogP contribution in [0, 0.1) is 0 Å². The summed E-state index contributed by atoms with van der Waals surface area (Å²) in [6.07, 6.45) is 0. The van der Waals surface area contributed by atoms with Gasteiger partial charge in [0.15, 0.2) is 23.0 Å². The predicted octanol–water partition coefficient (Wildman–Crippen LogP) is 5.10. The smallest absolute Gasteiger partial charge is 0.344 e. The molecule has 0 saturated carbocycles. The quantitative estimate of drug-likeness (QED) is 0.288. The summed E-state index contributed by atoms with van der Waals surface area (Å²) in [6, 6.07) is 12.7. The third-order valence-electron chi connectivity index (χ3n) is 4.44. The summed E-state index contributed by atoms with van der Waals surface area (Å²) in [6.45, 7) is 0. The van der Waals surface area contributed by atoms with Crippen molar-refractivity contribution < 1.29 is 29.3 Å². The molecule has 0 amide bonds. The number of halogens is 2. The fourth-order valence-electron chi connectivity index (χ4n) is 2.92. The number of ether oxygens (including phenoxy) is 1. The molecule has 0 atom stereocenters. The minimum atomic E-state index is -1.07. The molecular formula is C22H12Cl2O7. The first kappa shape index (κ1) is 20.6. The molecule has 0 saturated heterocycles. The maximum atomic E-state index is 13.1. The zero-order chi connectivity index (χ0) is 22.3. The Hall–Kier alpha value is -3.68. The molecule has 0 unspecified atom stereocenters. The molecule has 156 valence electrons. The van der Waals surface area contributed by atoms with Crippen molar-refractivity contribution in [3.63, 3.8) is 0 Å². The van der Waals surface area contributed by atoms with Crippen molar-refractivity contribution in [1.29, 1.82) is 0 Å². The maximum Gasteiger partial charge on any atom is 0.344 e. The van der Waals surface area contributed by atoms with Gasteiger partial charge in [0, 0.05) is 5.56 Å². The summed E-state index contributed by atoms with van der Waals surface area (Å²) in [5.74, 6) is -3.82. The van der Waals surface area contributed by atoms with Crippen LogP contribution in [-0.4, -0.2) is 21.3 Å². The van der Waals surface area contributed by atoms with Crippen LogP contribution in [0.3, 0.4) is 0 Å². The topological polar surface area (TPSA) is 117 Å². The average Bonchev–Trinajstić information content (AvgIpc) is 2.75. The lowest BCUT2D eigenvalue weighted by Crippen LogP contribution is -2.16. The fourth-order valence-corrected chi connectivity index (χ4v) is 3.22. The molecule has 1 heterocycles. The van der Waals surface area contributed by atoms with Crippen LogP contribution in [0.25, 0.3) is 22.3 Å². The summed E-state index contributed by atoms with van der Waals surface area (Å²) in [4.78, 5) is 25.8. The van der Waals surface area contributed by atoms with Gasteiger partial charge in [-0.05, 0) is 42.5 Å². The molecule has 0 aliphatic rings. The van der Waals surface area contributed by atoms with Gasteiger partial charge in [-0.3, -0.25) is 4.79 Å². The van der Waals surface area contributed by atoms with E-state index in [1.165, 1.54) is 24.3 Å². The number of phenols is 3. The van der Waals surface area contributed by atoms with Crippen molar-refractivity contribution in [2.45, 2.75) is 0 Å². The normalized spacial score (nSPS) is 10.9. The number of fused-ring (bicyclic) bond motifs is 1. The molecule has 0 radical (unpaired) electrons. The lowest BCUT2D eigenvalue weighted by atomic mass is 10.1. The number of carbonyl (C=O) groups is 1. The monoisotopic (exact) mass is 458 g/mol. The van der Waals surface area contributed by atoms with E-state index in [1.54, 1.807) is 18.2 Å². The number of hydrogen-bond acceptors (Lipinski definition) is 7. The number of para-hydroxylation sites is 1. The van der Waals surface area contributed by atoms with Gasteiger partial charge in [-0.15, -0.1) is 0 Å². The highest BCUT2D eigenvalue weighted by molar-refractivity contribution is 6.42. The van der Waals surface area contributed by atoms with E-state index >= 15 is 0 Å². The summed E-state index contributed by atoms with van der Waals surface area (Å²) in [5, 5.41) is 29.4. The Labute approximate surface area is 184 Å². The van der Waals surface area contributed by atoms with E-state index in [2.05, 4.69) is 0 Å². The standard InChI is InChI=1S/C22H12Cl2O7/c23-13-6-5-10(7-14(13)24)20-21(18(27)12-3-1-2-4-17(12)30-20)31-22(29)11-8-15(25)19(28)16(26)9-11/h1-9,25-26,28H. The second kappa shape index (κ2) is 7.86. The number of carbonyl (C=O) groups excluding carboxylic acids is 1. The third kappa shape index (κ3) is 3.76. The van der Waals surface area contributed by atoms with Crippen molar-refractivity contribution in [3.8, 4) is 34.3 Å². The van der Waals surface area contributed by atoms with Gasteiger partial charge in [0.2, 0.25) is 11.2 Å². The number of esters is 1. The number of phenolic OH excluding ortho intramolecular Hbond substituents is 3. The highest BCUT2D eigenvalue weighted by Crippen LogP contribution is 2.37. The maximum absolute atomic E-state index is 13.1. The molecule has 0 aliphatic carbocycles. The van der Waals surface area contributed by atoms with E-state index in [0.717, 1.165) is 12.1 Å². The first-order chi connectivity index (χ1) is 14.8. The van der Waals surface area contributed by atoms with Gasteiger partial charge >= 0.3 is 5.97 Å². The summed E-state index contributed by atoms with van der Waals surface area (Å²) >= 11 is 12.1. The van der Waals surface area contributed by atoms with Gasteiger partial charge in [0.1, 0.15) is 5.58 Å². The fraction of sp³-hybridized carbons (Fsp3) is 0. The largest absolute Gasteiger partial charge is 0.504 e. The summed E-state index contributed by atoms with van der Waals surface area (Å²) in [5.41, 5.74) is -0.339. The van der Waals surface area contributed by atoms with E-state index in [-0.39, 0.29) is 32.3 Å². The van der Waals surface area contributed by atoms with Crippen LogP contribution in [-0.2, 0) is 0 Å². The number of aromatic hydroxyl groups is 3. The molecule has 0 aliphatic heterocycles. The lowest BCUT2D eigenvalue weighted by Gasteiger charge is -2.12. The summed E-state index contributed by atoms with van der Waals surface area (Å²) in [7, 11) is 0. The molecule has 4 rings (SSSR count). The molecule has 4 aromatic rings. The van der Waals surface area contributed by atoms with Gasteiger partial charge < -0.3 is 24.5 Å². The molecule has 0 spiro atoms. The second-order valence-electron chi connectivity index (χ2n) is 6.47. The second-order valence-corrected chi connectivity index (χ2v) is 7.28. The van der Waals surface area contributed by atoms with Crippen LogP contribution >= 0.6 is 23.2 Å². The van der Waals surface area contributed by atoms with Crippen LogP contribution < -0.4 is 10.2 Å². The van der Waals surface area contributed by atoms with Crippen LogP contribution in [0.15, 0.2) is 63.8 Å². The zero-order valence-electron chi connectivity index (χ0n) is 15.4. The molecule has 9 heteroatoms. The van der Waals surface area contributed by atoms with Gasteiger partial charge in [-0.1, -0.05) is 35.3 Å². The van der Waals surface area contributed by atoms with Gasteiger partial charge in [-0.2, -0.15) is 0 Å². The van der Waals surface area contributed by atoms with Crippen LogP contribution in [0.5, 0.6) is 23.0 Å². The minimum Gasteiger partial charge on any atom is -0.504 e. The first-order valence-electron chi connectivity index (χ1n) is 8.74. The van der Waals surface area contributed by atoms with Crippen LogP contribution in [0.2, 0.25) is 10.0 Å².